The fraction of sp³-hybridized carbons (Fsp3) is 0.500. The third-order valence-electron chi connectivity index (χ3n) is 2.38. The van der Waals surface area contributed by atoms with E-state index in [9.17, 15) is 4.39 Å². The number of hydrogen-bond acceptors (Lipinski definition) is 3. The van der Waals surface area contributed by atoms with Gasteiger partial charge in [0, 0.05) is 19.3 Å². The first-order valence-electron chi connectivity index (χ1n) is 5.35. The average Bonchev–Trinajstić information content (AvgIpc) is 2.29. The zero-order valence-corrected chi connectivity index (χ0v) is 9.70. The van der Waals surface area contributed by atoms with Crippen LogP contribution in [0.25, 0.3) is 0 Å². The fourth-order valence-corrected chi connectivity index (χ4v) is 1.43. The highest BCUT2D eigenvalue weighted by atomic mass is 19.1. The number of ether oxygens (including phenoxy) is 2. The van der Waals surface area contributed by atoms with E-state index in [2.05, 4.69) is 0 Å². The molecule has 1 aromatic rings. The molecule has 0 bridgehead atoms. The Bertz CT molecular complexity index is 331. The van der Waals surface area contributed by atoms with Crippen LogP contribution < -0.4 is 10.5 Å². The molecule has 1 aromatic carbocycles. The van der Waals surface area contributed by atoms with Gasteiger partial charge >= 0.3 is 0 Å². The fourth-order valence-electron chi connectivity index (χ4n) is 1.43. The monoisotopic (exact) mass is 227 g/mol. The molecule has 3 nitrogen and oxygen atoms in total. The topological polar surface area (TPSA) is 44.5 Å². The normalized spacial score (nSPS) is 12.5. The molecule has 0 aliphatic heterocycles. The van der Waals surface area contributed by atoms with E-state index in [1.54, 1.807) is 12.1 Å². The van der Waals surface area contributed by atoms with Crippen molar-refractivity contribution < 1.29 is 13.9 Å². The van der Waals surface area contributed by atoms with Crippen LogP contribution in [0.4, 0.5) is 4.39 Å². The molecule has 0 saturated carbocycles. The predicted molar refractivity (Wildman–Crippen MR) is 61.0 cm³/mol. The summed E-state index contributed by atoms with van der Waals surface area (Å²) in [6, 6.07) is 4.58. The SMILES string of the molecule is CCOCCC(N)c1ccc(OC)c(F)c1. The first-order valence-corrected chi connectivity index (χ1v) is 5.35. The zero-order valence-electron chi connectivity index (χ0n) is 9.70. The molecule has 1 unspecified atom stereocenters. The quantitative estimate of drug-likeness (QED) is 0.758. The predicted octanol–water partition coefficient (Wildman–Crippen LogP) is 2.26. The summed E-state index contributed by atoms with van der Waals surface area (Å²) in [5, 5.41) is 0. The van der Waals surface area contributed by atoms with Crippen molar-refractivity contribution in [2.24, 2.45) is 5.73 Å². The Morgan fingerprint density at radius 2 is 2.19 bits per heavy atom. The molecule has 90 valence electrons. The van der Waals surface area contributed by atoms with Crippen molar-refractivity contribution in [1.82, 2.24) is 0 Å². The summed E-state index contributed by atoms with van der Waals surface area (Å²) in [5.74, 6) is -0.146. The molecular weight excluding hydrogens is 209 g/mol. The number of hydrogen-bond donors (Lipinski definition) is 1. The lowest BCUT2D eigenvalue weighted by Gasteiger charge is -2.12. The Morgan fingerprint density at radius 3 is 2.75 bits per heavy atom. The van der Waals surface area contributed by atoms with Crippen LogP contribution >= 0.6 is 0 Å². The second-order valence-corrected chi connectivity index (χ2v) is 3.49. The molecule has 2 N–H and O–H groups in total. The summed E-state index contributed by atoms with van der Waals surface area (Å²) in [7, 11) is 1.44. The van der Waals surface area contributed by atoms with Gasteiger partial charge in [0.1, 0.15) is 0 Å². The molecule has 0 amide bonds. The Morgan fingerprint density at radius 1 is 1.44 bits per heavy atom. The minimum Gasteiger partial charge on any atom is -0.494 e. The van der Waals surface area contributed by atoms with E-state index in [1.165, 1.54) is 13.2 Å². The van der Waals surface area contributed by atoms with Crippen LogP contribution in [0.3, 0.4) is 0 Å². The summed E-state index contributed by atoms with van der Waals surface area (Å²) in [6.45, 7) is 3.19. The minimum absolute atomic E-state index is 0.202. The Labute approximate surface area is 95.4 Å². The second kappa shape index (κ2) is 6.45. The molecule has 0 heterocycles. The van der Waals surface area contributed by atoms with E-state index in [-0.39, 0.29) is 17.6 Å². The second-order valence-electron chi connectivity index (χ2n) is 3.49. The van der Waals surface area contributed by atoms with Crippen molar-refractivity contribution in [2.75, 3.05) is 20.3 Å². The van der Waals surface area contributed by atoms with Gasteiger partial charge in [-0.25, -0.2) is 4.39 Å². The summed E-state index contributed by atoms with van der Waals surface area (Å²) in [4.78, 5) is 0. The Kier molecular flexibility index (Phi) is 5.22. The van der Waals surface area contributed by atoms with Gasteiger partial charge in [0.2, 0.25) is 0 Å². The number of nitrogens with two attached hydrogens (primary N) is 1. The lowest BCUT2D eigenvalue weighted by atomic mass is 10.0. The smallest absolute Gasteiger partial charge is 0.165 e. The zero-order chi connectivity index (χ0) is 12.0. The van der Waals surface area contributed by atoms with E-state index in [0.29, 0.717) is 19.6 Å². The molecule has 16 heavy (non-hydrogen) atoms. The van der Waals surface area contributed by atoms with Crippen molar-refractivity contribution in [3.63, 3.8) is 0 Å². The van der Waals surface area contributed by atoms with E-state index < -0.39 is 0 Å². The van der Waals surface area contributed by atoms with Gasteiger partial charge in [-0.3, -0.25) is 0 Å². The first kappa shape index (κ1) is 12.9. The summed E-state index contributed by atoms with van der Waals surface area (Å²) >= 11 is 0. The van der Waals surface area contributed by atoms with Crippen molar-refractivity contribution in [3.8, 4) is 5.75 Å². The van der Waals surface area contributed by atoms with Crippen LogP contribution in [0, 0.1) is 5.82 Å². The highest BCUT2D eigenvalue weighted by Gasteiger charge is 2.09. The van der Waals surface area contributed by atoms with Crippen LogP contribution in [-0.4, -0.2) is 20.3 Å². The van der Waals surface area contributed by atoms with Crippen molar-refractivity contribution in [3.05, 3.63) is 29.6 Å². The van der Waals surface area contributed by atoms with Gasteiger partial charge in [-0.15, -0.1) is 0 Å². The number of benzene rings is 1. The van der Waals surface area contributed by atoms with Crippen molar-refractivity contribution >= 4 is 0 Å². The van der Waals surface area contributed by atoms with Crippen LogP contribution in [0.15, 0.2) is 18.2 Å². The summed E-state index contributed by atoms with van der Waals surface area (Å²) in [5.41, 5.74) is 6.67. The maximum atomic E-state index is 13.4. The van der Waals surface area contributed by atoms with E-state index in [4.69, 9.17) is 15.2 Å². The number of rotatable bonds is 6. The van der Waals surface area contributed by atoms with Gasteiger partial charge < -0.3 is 15.2 Å². The Balaban J connectivity index is 2.62. The van der Waals surface area contributed by atoms with Crippen LogP contribution in [0.5, 0.6) is 5.75 Å². The molecule has 0 saturated heterocycles. The Hall–Kier alpha value is -1.13. The first-order chi connectivity index (χ1) is 7.69. The third-order valence-corrected chi connectivity index (χ3v) is 2.38. The number of methoxy groups -OCH3 is 1. The highest BCUT2D eigenvalue weighted by molar-refractivity contribution is 5.30. The molecule has 0 aliphatic rings. The van der Waals surface area contributed by atoms with Gasteiger partial charge in [0.05, 0.1) is 7.11 Å². The minimum atomic E-state index is -0.383. The summed E-state index contributed by atoms with van der Waals surface area (Å²) < 4.78 is 23.4. The largest absolute Gasteiger partial charge is 0.494 e. The standard InChI is InChI=1S/C12H18FNO2/c1-3-16-7-6-11(14)9-4-5-12(15-2)10(13)8-9/h4-5,8,11H,3,6-7,14H2,1-2H3. The molecular formula is C12H18FNO2. The molecule has 0 fully saturated rings. The molecule has 0 spiro atoms. The van der Waals surface area contributed by atoms with E-state index in [1.807, 2.05) is 6.92 Å². The van der Waals surface area contributed by atoms with E-state index in [0.717, 1.165) is 5.56 Å². The molecule has 1 atom stereocenters. The van der Waals surface area contributed by atoms with Crippen LogP contribution in [0.2, 0.25) is 0 Å². The molecule has 0 aromatic heterocycles. The van der Waals surface area contributed by atoms with Crippen LogP contribution in [-0.2, 0) is 4.74 Å². The maximum Gasteiger partial charge on any atom is 0.165 e. The lowest BCUT2D eigenvalue weighted by Crippen LogP contribution is -2.13. The molecule has 1 rings (SSSR count). The van der Waals surface area contributed by atoms with Crippen molar-refractivity contribution in [2.45, 2.75) is 19.4 Å². The van der Waals surface area contributed by atoms with Gasteiger partial charge in [-0.2, -0.15) is 0 Å². The third kappa shape index (κ3) is 3.47. The maximum absolute atomic E-state index is 13.4. The highest BCUT2D eigenvalue weighted by Crippen LogP contribution is 2.22. The van der Waals surface area contributed by atoms with Gasteiger partial charge in [-0.05, 0) is 31.0 Å². The number of halogens is 1. The lowest BCUT2D eigenvalue weighted by molar-refractivity contribution is 0.140. The molecule has 4 heteroatoms. The average molecular weight is 227 g/mol. The van der Waals surface area contributed by atoms with E-state index >= 15 is 0 Å². The van der Waals surface area contributed by atoms with Crippen molar-refractivity contribution in [1.29, 1.82) is 0 Å². The molecule has 0 radical (unpaired) electrons. The van der Waals surface area contributed by atoms with Crippen LogP contribution in [0.1, 0.15) is 24.9 Å². The van der Waals surface area contributed by atoms with Gasteiger partial charge in [0.15, 0.2) is 11.6 Å². The van der Waals surface area contributed by atoms with Gasteiger partial charge in [-0.1, -0.05) is 6.07 Å². The van der Waals surface area contributed by atoms with Gasteiger partial charge in [0.25, 0.3) is 0 Å². The molecule has 0 aliphatic carbocycles. The summed E-state index contributed by atoms with van der Waals surface area (Å²) in [6.07, 6.45) is 0.680.